The molecule has 0 unspecified atom stereocenters. The standard InChI is InChI=1S/C15H21N3O2/c1-4-14-16-12-9-11(10-15(19)20)5-6-13(12)18(14)8-7-17(2)3/h5-6,9H,4,7-8,10H2,1-3H3,(H,19,20). The van der Waals surface area contributed by atoms with Gasteiger partial charge in [-0.2, -0.15) is 0 Å². The maximum absolute atomic E-state index is 10.8. The summed E-state index contributed by atoms with van der Waals surface area (Å²) in [6.45, 7) is 3.94. The van der Waals surface area contributed by atoms with Gasteiger partial charge in [-0.25, -0.2) is 4.98 Å². The molecule has 0 radical (unpaired) electrons. The van der Waals surface area contributed by atoms with Crippen molar-refractivity contribution < 1.29 is 9.90 Å². The van der Waals surface area contributed by atoms with E-state index in [2.05, 4.69) is 35.5 Å². The third kappa shape index (κ3) is 3.17. The molecule has 1 heterocycles. The second kappa shape index (κ2) is 6.05. The van der Waals surface area contributed by atoms with Gasteiger partial charge in [0.15, 0.2) is 0 Å². The number of hydrogen-bond donors (Lipinski definition) is 1. The minimum atomic E-state index is -0.813. The Labute approximate surface area is 118 Å². The number of nitrogens with zero attached hydrogens (tertiary/aromatic N) is 3. The highest BCUT2D eigenvalue weighted by molar-refractivity contribution is 5.79. The first-order valence-electron chi connectivity index (χ1n) is 6.85. The van der Waals surface area contributed by atoms with Crippen LogP contribution in [0.4, 0.5) is 0 Å². The van der Waals surface area contributed by atoms with E-state index >= 15 is 0 Å². The van der Waals surface area contributed by atoms with Crippen LogP contribution >= 0.6 is 0 Å². The molecule has 1 aromatic heterocycles. The molecular formula is C15H21N3O2. The fraction of sp³-hybridized carbons (Fsp3) is 0.467. The van der Waals surface area contributed by atoms with Crippen LogP contribution in [0.15, 0.2) is 18.2 Å². The van der Waals surface area contributed by atoms with Crippen molar-refractivity contribution in [3.63, 3.8) is 0 Å². The van der Waals surface area contributed by atoms with Crippen LogP contribution < -0.4 is 0 Å². The van der Waals surface area contributed by atoms with Crippen LogP contribution in [-0.4, -0.2) is 46.2 Å². The molecule has 0 aliphatic heterocycles. The second-order valence-electron chi connectivity index (χ2n) is 5.23. The molecule has 0 saturated heterocycles. The molecule has 0 aliphatic rings. The Morgan fingerprint density at radius 1 is 1.40 bits per heavy atom. The van der Waals surface area contributed by atoms with Gasteiger partial charge in [-0.05, 0) is 31.8 Å². The van der Waals surface area contributed by atoms with Crippen molar-refractivity contribution in [3.05, 3.63) is 29.6 Å². The van der Waals surface area contributed by atoms with E-state index in [0.29, 0.717) is 0 Å². The number of carboxylic acid groups (broad SMARTS) is 1. The summed E-state index contributed by atoms with van der Waals surface area (Å²) >= 11 is 0. The van der Waals surface area contributed by atoms with Gasteiger partial charge in [-0.1, -0.05) is 13.0 Å². The molecule has 0 amide bonds. The van der Waals surface area contributed by atoms with Crippen molar-refractivity contribution in [2.75, 3.05) is 20.6 Å². The number of likely N-dealkylation sites (N-methyl/N-ethyl adjacent to an activating group) is 1. The number of aryl methyl sites for hydroxylation is 1. The molecule has 0 saturated carbocycles. The molecule has 1 aromatic carbocycles. The molecule has 2 aromatic rings. The predicted molar refractivity (Wildman–Crippen MR) is 79.0 cm³/mol. The number of imidazole rings is 1. The van der Waals surface area contributed by atoms with Gasteiger partial charge in [0.05, 0.1) is 17.5 Å². The number of carbonyl (C=O) groups is 1. The first-order chi connectivity index (χ1) is 9.51. The maximum Gasteiger partial charge on any atom is 0.307 e. The summed E-state index contributed by atoms with van der Waals surface area (Å²) in [4.78, 5) is 17.6. The van der Waals surface area contributed by atoms with Crippen LogP contribution in [-0.2, 0) is 24.2 Å². The number of aliphatic carboxylic acids is 1. The van der Waals surface area contributed by atoms with Crippen molar-refractivity contribution >= 4 is 17.0 Å². The molecule has 0 aliphatic carbocycles. The molecule has 0 atom stereocenters. The lowest BCUT2D eigenvalue weighted by molar-refractivity contribution is -0.136. The molecule has 0 bridgehead atoms. The zero-order valence-corrected chi connectivity index (χ0v) is 12.3. The topological polar surface area (TPSA) is 58.4 Å². The Balaban J connectivity index is 2.38. The van der Waals surface area contributed by atoms with Crippen molar-refractivity contribution in [3.8, 4) is 0 Å². The number of benzene rings is 1. The second-order valence-corrected chi connectivity index (χ2v) is 5.23. The minimum absolute atomic E-state index is 0.0436. The van der Waals surface area contributed by atoms with Gasteiger partial charge < -0.3 is 14.6 Å². The zero-order chi connectivity index (χ0) is 14.7. The van der Waals surface area contributed by atoms with E-state index in [1.165, 1.54) is 0 Å². The van der Waals surface area contributed by atoms with Gasteiger partial charge in [0.1, 0.15) is 5.82 Å². The Morgan fingerprint density at radius 2 is 2.15 bits per heavy atom. The van der Waals surface area contributed by atoms with Crippen LogP contribution in [0, 0.1) is 0 Å². The van der Waals surface area contributed by atoms with Crippen molar-refractivity contribution in [1.29, 1.82) is 0 Å². The summed E-state index contributed by atoms with van der Waals surface area (Å²) in [5, 5.41) is 8.86. The summed E-state index contributed by atoms with van der Waals surface area (Å²) in [7, 11) is 4.10. The first kappa shape index (κ1) is 14.5. The number of rotatable bonds is 6. The SMILES string of the molecule is CCc1nc2cc(CC(=O)O)ccc2n1CCN(C)C. The van der Waals surface area contributed by atoms with E-state index in [0.717, 1.165) is 41.9 Å². The Bertz CT molecular complexity index is 617. The number of carboxylic acids is 1. The summed E-state index contributed by atoms with van der Waals surface area (Å²) < 4.78 is 2.22. The Kier molecular flexibility index (Phi) is 4.39. The van der Waals surface area contributed by atoms with E-state index in [1.54, 1.807) is 0 Å². The number of hydrogen-bond acceptors (Lipinski definition) is 3. The third-order valence-electron chi connectivity index (χ3n) is 3.33. The van der Waals surface area contributed by atoms with Crippen molar-refractivity contribution in [1.82, 2.24) is 14.5 Å². The van der Waals surface area contributed by atoms with E-state index in [9.17, 15) is 4.79 Å². The summed E-state index contributed by atoms with van der Waals surface area (Å²) in [6.07, 6.45) is 0.915. The van der Waals surface area contributed by atoms with Crippen LogP contribution in [0.1, 0.15) is 18.3 Å². The smallest absolute Gasteiger partial charge is 0.307 e. The lowest BCUT2D eigenvalue weighted by atomic mass is 10.1. The fourth-order valence-electron chi connectivity index (χ4n) is 2.33. The monoisotopic (exact) mass is 275 g/mol. The highest BCUT2D eigenvalue weighted by Gasteiger charge is 2.11. The molecule has 5 heteroatoms. The lowest BCUT2D eigenvalue weighted by Gasteiger charge is -2.12. The van der Waals surface area contributed by atoms with Gasteiger partial charge in [0.25, 0.3) is 0 Å². The molecule has 108 valence electrons. The lowest BCUT2D eigenvalue weighted by Crippen LogP contribution is -2.19. The Hall–Kier alpha value is -1.88. The molecular weight excluding hydrogens is 254 g/mol. The van der Waals surface area contributed by atoms with E-state index < -0.39 is 5.97 Å². The van der Waals surface area contributed by atoms with Crippen LogP contribution in [0.2, 0.25) is 0 Å². The highest BCUT2D eigenvalue weighted by Crippen LogP contribution is 2.19. The van der Waals surface area contributed by atoms with E-state index in [1.807, 2.05) is 18.2 Å². The van der Waals surface area contributed by atoms with Crippen molar-refractivity contribution in [2.24, 2.45) is 0 Å². The zero-order valence-electron chi connectivity index (χ0n) is 12.3. The molecule has 20 heavy (non-hydrogen) atoms. The van der Waals surface area contributed by atoms with Crippen molar-refractivity contribution in [2.45, 2.75) is 26.3 Å². The summed E-state index contributed by atoms with van der Waals surface area (Å²) in [6, 6.07) is 5.74. The largest absolute Gasteiger partial charge is 0.481 e. The molecule has 0 fully saturated rings. The number of aromatic nitrogens is 2. The van der Waals surface area contributed by atoms with E-state index in [-0.39, 0.29) is 6.42 Å². The summed E-state index contributed by atoms with van der Waals surface area (Å²) in [5.41, 5.74) is 2.77. The van der Waals surface area contributed by atoms with Gasteiger partial charge >= 0.3 is 5.97 Å². The average Bonchev–Trinajstić information content (AvgIpc) is 2.72. The number of fused-ring (bicyclic) bond motifs is 1. The minimum Gasteiger partial charge on any atom is -0.481 e. The molecule has 1 N–H and O–H groups in total. The quantitative estimate of drug-likeness (QED) is 0.873. The van der Waals surface area contributed by atoms with Crippen LogP contribution in [0.25, 0.3) is 11.0 Å². The Morgan fingerprint density at radius 3 is 2.75 bits per heavy atom. The maximum atomic E-state index is 10.8. The normalized spacial score (nSPS) is 11.4. The average molecular weight is 275 g/mol. The predicted octanol–water partition coefficient (Wildman–Crippen LogP) is 1.79. The summed E-state index contributed by atoms with van der Waals surface area (Å²) in [5.74, 6) is 0.237. The third-order valence-corrected chi connectivity index (χ3v) is 3.33. The van der Waals surface area contributed by atoms with Gasteiger partial charge in [-0.15, -0.1) is 0 Å². The van der Waals surface area contributed by atoms with Gasteiger partial charge in [0.2, 0.25) is 0 Å². The molecule has 5 nitrogen and oxygen atoms in total. The van der Waals surface area contributed by atoms with Gasteiger partial charge in [-0.3, -0.25) is 4.79 Å². The van der Waals surface area contributed by atoms with Crippen LogP contribution in [0.5, 0.6) is 0 Å². The van der Waals surface area contributed by atoms with E-state index in [4.69, 9.17) is 5.11 Å². The van der Waals surface area contributed by atoms with Crippen LogP contribution in [0.3, 0.4) is 0 Å². The molecule has 2 rings (SSSR count). The van der Waals surface area contributed by atoms with Gasteiger partial charge in [0, 0.05) is 19.5 Å². The first-order valence-corrected chi connectivity index (χ1v) is 6.85. The highest BCUT2D eigenvalue weighted by atomic mass is 16.4. The molecule has 0 spiro atoms. The fourth-order valence-corrected chi connectivity index (χ4v) is 2.33.